The van der Waals surface area contributed by atoms with Gasteiger partial charge >= 0.3 is 0 Å². The van der Waals surface area contributed by atoms with Crippen LogP contribution in [0.2, 0.25) is 0 Å². The van der Waals surface area contributed by atoms with Crippen molar-refractivity contribution in [2.75, 3.05) is 13.2 Å². The third kappa shape index (κ3) is 3.11. The molecule has 0 fully saturated rings. The highest BCUT2D eigenvalue weighted by Crippen LogP contribution is 2.35. The second kappa shape index (κ2) is 7.03. The van der Waals surface area contributed by atoms with Crippen LogP contribution in [0.4, 0.5) is 0 Å². The van der Waals surface area contributed by atoms with E-state index in [-0.39, 0.29) is 5.92 Å². The van der Waals surface area contributed by atoms with Gasteiger partial charge in [-0.05, 0) is 54.3 Å². The molecule has 0 radical (unpaired) electrons. The zero-order valence-corrected chi connectivity index (χ0v) is 15.7. The molecular formula is C22H22N4O2. The number of aromatic amines is 2. The Hall–Kier alpha value is -3.28. The molecule has 2 N–H and O–H groups in total. The van der Waals surface area contributed by atoms with Crippen LogP contribution < -0.4 is 9.47 Å². The molecular weight excluding hydrogens is 352 g/mol. The molecule has 3 heterocycles. The van der Waals surface area contributed by atoms with E-state index in [0.717, 1.165) is 58.9 Å². The van der Waals surface area contributed by atoms with Crippen molar-refractivity contribution in [1.29, 1.82) is 0 Å². The van der Waals surface area contributed by atoms with Gasteiger partial charge in [0.05, 0.1) is 36.4 Å². The van der Waals surface area contributed by atoms with Crippen molar-refractivity contribution in [2.45, 2.75) is 25.7 Å². The molecule has 28 heavy (non-hydrogen) atoms. The number of hydrogen-bond acceptors (Lipinski definition) is 4. The molecule has 1 unspecified atom stereocenters. The van der Waals surface area contributed by atoms with E-state index in [1.807, 2.05) is 30.6 Å². The zero-order valence-electron chi connectivity index (χ0n) is 15.7. The lowest BCUT2D eigenvalue weighted by Gasteiger charge is -2.24. The average Bonchev–Trinajstić information content (AvgIpc) is 3.40. The van der Waals surface area contributed by atoms with Crippen LogP contribution >= 0.6 is 0 Å². The summed E-state index contributed by atoms with van der Waals surface area (Å²) >= 11 is 0. The number of H-pyrrole nitrogens is 2. The molecule has 4 aromatic rings. The van der Waals surface area contributed by atoms with Gasteiger partial charge in [-0.2, -0.15) is 5.10 Å². The Morgan fingerprint density at radius 3 is 3.00 bits per heavy atom. The number of fused-ring (bicyclic) bond motifs is 2. The number of ether oxygens (including phenoxy) is 2. The number of hydrogen-bond donors (Lipinski definition) is 2. The Morgan fingerprint density at radius 1 is 1.18 bits per heavy atom. The third-order valence-corrected chi connectivity index (χ3v) is 5.13. The number of nitrogens with zero attached hydrogens (tertiary/aromatic N) is 2. The van der Waals surface area contributed by atoms with Gasteiger partial charge in [0.2, 0.25) is 0 Å². The van der Waals surface area contributed by atoms with Crippen LogP contribution in [0.3, 0.4) is 0 Å². The number of benzene rings is 2. The van der Waals surface area contributed by atoms with Crippen molar-refractivity contribution in [3.05, 3.63) is 60.2 Å². The summed E-state index contributed by atoms with van der Waals surface area (Å²) in [7, 11) is 0. The van der Waals surface area contributed by atoms with Crippen molar-refractivity contribution in [1.82, 2.24) is 20.2 Å². The van der Waals surface area contributed by atoms with Crippen LogP contribution in [0.15, 0.2) is 48.8 Å². The van der Waals surface area contributed by atoms with E-state index >= 15 is 0 Å². The molecule has 5 rings (SSSR count). The van der Waals surface area contributed by atoms with Gasteiger partial charge in [0.15, 0.2) is 0 Å². The number of imidazole rings is 1. The molecule has 2 aromatic carbocycles. The van der Waals surface area contributed by atoms with Crippen LogP contribution in [-0.4, -0.2) is 33.4 Å². The predicted molar refractivity (Wildman–Crippen MR) is 108 cm³/mol. The molecule has 0 saturated heterocycles. The fourth-order valence-corrected chi connectivity index (χ4v) is 3.67. The maximum absolute atomic E-state index is 6.00. The summed E-state index contributed by atoms with van der Waals surface area (Å²) in [6.45, 7) is 3.46. The minimum absolute atomic E-state index is 0.193. The summed E-state index contributed by atoms with van der Waals surface area (Å²) in [6.07, 6.45) is 5.59. The molecule has 0 amide bonds. The fourth-order valence-electron chi connectivity index (χ4n) is 3.67. The summed E-state index contributed by atoms with van der Waals surface area (Å²) in [4.78, 5) is 8.31. The van der Waals surface area contributed by atoms with E-state index in [2.05, 4.69) is 40.3 Å². The second-order valence-corrected chi connectivity index (χ2v) is 7.17. The smallest absolute Gasteiger partial charge is 0.122 e. The van der Waals surface area contributed by atoms with Crippen LogP contribution in [0, 0.1) is 0 Å². The first-order valence-electron chi connectivity index (χ1n) is 9.67. The highest BCUT2D eigenvalue weighted by Gasteiger charge is 2.24. The molecule has 0 spiro atoms. The minimum atomic E-state index is 0.193. The molecule has 2 aromatic heterocycles. The van der Waals surface area contributed by atoms with Gasteiger partial charge in [-0.25, -0.2) is 4.98 Å². The molecule has 0 bridgehead atoms. The Kier molecular flexibility index (Phi) is 4.24. The first-order valence-corrected chi connectivity index (χ1v) is 9.67. The minimum Gasteiger partial charge on any atom is -0.494 e. The molecule has 1 aliphatic rings. The van der Waals surface area contributed by atoms with Gasteiger partial charge in [0.25, 0.3) is 0 Å². The maximum Gasteiger partial charge on any atom is 0.122 e. The summed E-state index contributed by atoms with van der Waals surface area (Å²) in [6, 6.07) is 12.3. The molecule has 6 nitrogen and oxygen atoms in total. The average molecular weight is 374 g/mol. The predicted octanol–water partition coefficient (Wildman–Crippen LogP) is 4.46. The zero-order chi connectivity index (χ0) is 18.9. The van der Waals surface area contributed by atoms with E-state index < -0.39 is 0 Å². The van der Waals surface area contributed by atoms with Crippen molar-refractivity contribution in [3.8, 4) is 22.6 Å². The molecule has 142 valence electrons. The summed E-state index contributed by atoms with van der Waals surface area (Å²) < 4.78 is 11.8. The number of aromatic nitrogens is 4. The van der Waals surface area contributed by atoms with E-state index in [4.69, 9.17) is 14.5 Å². The lowest BCUT2D eigenvalue weighted by molar-refractivity contribution is 0.256. The molecule has 1 aliphatic heterocycles. The fraction of sp³-hybridized carbons (Fsp3) is 0.273. The van der Waals surface area contributed by atoms with Crippen LogP contribution in [-0.2, 0) is 6.42 Å². The third-order valence-electron chi connectivity index (χ3n) is 5.13. The first-order chi connectivity index (χ1) is 13.8. The number of nitrogens with one attached hydrogen (secondary N) is 2. The lowest BCUT2D eigenvalue weighted by Crippen LogP contribution is -2.20. The monoisotopic (exact) mass is 374 g/mol. The van der Waals surface area contributed by atoms with E-state index in [9.17, 15) is 0 Å². The van der Waals surface area contributed by atoms with Gasteiger partial charge < -0.3 is 14.5 Å². The van der Waals surface area contributed by atoms with Gasteiger partial charge in [0, 0.05) is 11.8 Å². The Balaban J connectivity index is 1.41. The quantitative estimate of drug-likeness (QED) is 0.541. The van der Waals surface area contributed by atoms with Crippen molar-refractivity contribution >= 4 is 11.0 Å². The van der Waals surface area contributed by atoms with Crippen molar-refractivity contribution in [3.63, 3.8) is 0 Å². The SMILES string of the molecule is CCCOc1ccc2c(c1)CC(c1nc3ccc(-c4cn[nH]c4)cc3[nH]1)CO2. The molecule has 1 atom stereocenters. The highest BCUT2D eigenvalue weighted by atomic mass is 16.5. The molecule has 0 aliphatic carbocycles. The van der Waals surface area contributed by atoms with Crippen LogP contribution in [0.5, 0.6) is 11.5 Å². The molecule has 0 saturated carbocycles. The lowest BCUT2D eigenvalue weighted by atomic mass is 9.96. The van der Waals surface area contributed by atoms with Gasteiger partial charge in [-0.15, -0.1) is 0 Å². The van der Waals surface area contributed by atoms with E-state index in [1.165, 1.54) is 5.56 Å². The van der Waals surface area contributed by atoms with Gasteiger partial charge in [0.1, 0.15) is 17.3 Å². The van der Waals surface area contributed by atoms with Crippen LogP contribution in [0.1, 0.15) is 30.7 Å². The Bertz CT molecular complexity index is 1100. The van der Waals surface area contributed by atoms with Crippen LogP contribution in [0.25, 0.3) is 22.2 Å². The largest absolute Gasteiger partial charge is 0.494 e. The Morgan fingerprint density at radius 2 is 2.14 bits per heavy atom. The highest BCUT2D eigenvalue weighted by molar-refractivity contribution is 5.81. The molecule has 6 heteroatoms. The van der Waals surface area contributed by atoms with E-state index in [0.29, 0.717) is 6.61 Å². The Labute approximate surface area is 162 Å². The summed E-state index contributed by atoms with van der Waals surface area (Å²) in [5.41, 5.74) is 5.34. The topological polar surface area (TPSA) is 75.8 Å². The van der Waals surface area contributed by atoms with E-state index in [1.54, 1.807) is 0 Å². The first kappa shape index (κ1) is 16.9. The normalized spacial score (nSPS) is 16.0. The second-order valence-electron chi connectivity index (χ2n) is 7.17. The van der Waals surface area contributed by atoms with Crippen molar-refractivity contribution < 1.29 is 9.47 Å². The standard InChI is InChI=1S/C22H22N4O2/c1-2-7-27-18-4-6-21-15(9-18)8-16(13-28-21)22-25-19-5-3-14(10-20(19)26-22)17-11-23-24-12-17/h3-6,9-12,16H,2,7-8,13H2,1H3,(H,23,24)(H,25,26). The van der Waals surface area contributed by atoms with Gasteiger partial charge in [-0.3, -0.25) is 5.10 Å². The summed E-state index contributed by atoms with van der Waals surface area (Å²) in [5.74, 6) is 3.00. The number of rotatable bonds is 5. The van der Waals surface area contributed by atoms with Crippen molar-refractivity contribution in [2.24, 2.45) is 0 Å². The maximum atomic E-state index is 6.00. The van der Waals surface area contributed by atoms with Gasteiger partial charge in [-0.1, -0.05) is 13.0 Å². The summed E-state index contributed by atoms with van der Waals surface area (Å²) in [5, 5.41) is 6.88.